The summed E-state index contributed by atoms with van der Waals surface area (Å²) in [6, 6.07) is 0. The number of aliphatic imine (C=N–C) groups is 1. The van der Waals surface area contributed by atoms with Crippen LogP contribution in [0.2, 0.25) is 0 Å². The number of esters is 1. The summed E-state index contributed by atoms with van der Waals surface area (Å²) in [4.78, 5) is 14.9. The molecule has 0 amide bonds. The van der Waals surface area contributed by atoms with E-state index in [0.29, 0.717) is 0 Å². The third-order valence-electron chi connectivity index (χ3n) is 1.29. The number of hydrogen-bond acceptors (Lipinski definition) is 4. The SMILES string of the molecule is C#CCN=C/C(C(=O)OCC)=C(\C)O. The van der Waals surface area contributed by atoms with Gasteiger partial charge in [0.25, 0.3) is 0 Å². The van der Waals surface area contributed by atoms with Gasteiger partial charge in [0.1, 0.15) is 11.3 Å². The van der Waals surface area contributed by atoms with E-state index in [1.165, 1.54) is 13.1 Å². The quantitative estimate of drug-likeness (QED) is 0.240. The number of rotatable bonds is 4. The summed E-state index contributed by atoms with van der Waals surface area (Å²) in [5, 5.41) is 9.14. The van der Waals surface area contributed by atoms with Crippen LogP contribution >= 0.6 is 0 Å². The van der Waals surface area contributed by atoms with Crippen LogP contribution < -0.4 is 0 Å². The average Bonchev–Trinajstić information content (AvgIpc) is 2.12. The van der Waals surface area contributed by atoms with Crippen molar-refractivity contribution >= 4 is 12.2 Å². The number of terminal acetylenes is 1. The predicted octanol–water partition coefficient (Wildman–Crippen LogP) is 1.09. The zero-order chi connectivity index (χ0) is 11.0. The first-order valence-corrected chi connectivity index (χ1v) is 4.13. The van der Waals surface area contributed by atoms with Crippen LogP contribution in [0.1, 0.15) is 13.8 Å². The summed E-state index contributed by atoms with van der Waals surface area (Å²) in [6.45, 7) is 3.48. The van der Waals surface area contributed by atoms with Crippen molar-refractivity contribution in [2.45, 2.75) is 13.8 Å². The highest BCUT2D eigenvalue weighted by molar-refractivity contribution is 6.09. The molecule has 1 N–H and O–H groups in total. The van der Waals surface area contributed by atoms with Gasteiger partial charge in [-0.3, -0.25) is 4.99 Å². The molecule has 0 aromatic carbocycles. The molecule has 76 valence electrons. The molecule has 0 spiro atoms. The van der Waals surface area contributed by atoms with Gasteiger partial charge in [0, 0.05) is 6.21 Å². The van der Waals surface area contributed by atoms with Crippen molar-refractivity contribution < 1.29 is 14.6 Å². The van der Waals surface area contributed by atoms with E-state index < -0.39 is 5.97 Å². The van der Waals surface area contributed by atoms with Gasteiger partial charge in [0.05, 0.1) is 13.2 Å². The van der Waals surface area contributed by atoms with Crippen molar-refractivity contribution in [1.82, 2.24) is 0 Å². The minimum absolute atomic E-state index is 0.0297. The van der Waals surface area contributed by atoms with E-state index >= 15 is 0 Å². The summed E-state index contributed by atoms with van der Waals surface area (Å²) >= 11 is 0. The lowest BCUT2D eigenvalue weighted by Crippen LogP contribution is -2.10. The van der Waals surface area contributed by atoms with Crippen molar-refractivity contribution in [2.75, 3.05) is 13.2 Å². The van der Waals surface area contributed by atoms with Crippen LogP contribution in [0.5, 0.6) is 0 Å². The summed E-state index contributed by atoms with van der Waals surface area (Å²) in [5.41, 5.74) is 0.0297. The largest absolute Gasteiger partial charge is 0.512 e. The third kappa shape index (κ3) is 4.31. The Bertz CT molecular complexity index is 293. The molecule has 4 heteroatoms. The fourth-order valence-corrected chi connectivity index (χ4v) is 0.692. The molecule has 0 rings (SSSR count). The van der Waals surface area contributed by atoms with E-state index in [1.54, 1.807) is 6.92 Å². The Morgan fingerprint density at radius 1 is 1.71 bits per heavy atom. The first-order chi connectivity index (χ1) is 6.63. The first-order valence-electron chi connectivity index (χ1n) is 4.13. The van der Waals surface area contributed by atoms with Crippen LogP contribution in [0.4, 0.5) is 0 Å². The average molecular weight is 195 g/mol. The monoisotopic (exact) mass is 195 g/mol. The van der Waals surface area contributed by atoms with Crippen molar-refractivity contribution in [3.63, 3.8) is 0 Å². The van der Waals surface area contributed by atoms with Crippen LogP contribution in [0.3, 0.4) is 0 Å². The third-order valence-corrected chi connectivity index (χ3v) is 1.29. The number of aliphatic hydroxyl groups excluding tert-OH is 1. The second kappa shape index (κ2) is 6.72. The number of ether oxygens (including phenoxy) is 1. The van der Waals surface area contributed by atoms with Crippen LogP contribution in [-0.2, 0) is 9.53 Å². The molecular weight excluding hydrogens is 182 g/mol. The van der Waals surface area contributed by atoms with Crippen molar-refractivity contribution in [2.24, 2.45) is 4.99 Å². The van der Waals surface area contributed by atoms with Gasteiger partial charge in [-0.2, -0.15) is 0 Å². The van der Waals surface area contributed by atoms with Crippen LogP contribution in [0.15, 0.2) is 16.3 Å². The van der Waals surface area contributed by atoms with Gasteiger partial charge in [-0.05, 0) is 13.8 Å². The highest BCUT2D eigenvalue weighted by Gasteiger charge is 2.11. The Morgan fingerprint density at radius 3 is 2.79 bits per heavy atom. The van der Waals surface area contributed by atoms with Gasteiger partial charge in [-0.1, -0.05) is 5.92 Å². The second-order valence-electron chi connectivity index (χ2n) is 2.39. The van der Waals surface area contributed by atoms with E-state index in [-0.39, 0.29) is 24.5 Å². The summed E-state index contributed by atoms with van der Waals surface area (Å²) in [6.07, 6.45) is 6.18. The molecule has 0 atom stereocenters. The molecule has 0 aromatic rings. The van der Waals surface area contributed by atoms with Crippen LogP contribution in [0.25, 0.3) is 0 Å². The van der Waals surface area contributed by atoms with Gasteiger partial charge in [-0.15, -0.1) is 6.42 Å². The molecule has 0 radical (unpaired) electrons. The molecule has 0 saturated carbocycles. The van der Waals surface area contributed by atoms with Crippen LogP contribution in [-0.4, -0.2) is 30.4 Å². The predicted molar refractivity (Wildman–Crippen MR) is 54.2 cm³/mol. The zero-order valence-electron chi connectivity index (χ0n) is 8.28. The number of aliphatic hydroxyl groups is 1. The Balaban J connectivity index is 4.57. The van der Waals surface area contributed by atoms with Gasteiger partial charge in [0.2, 0.25) is 0 Å². The van der Waals surface area contributed by atoms with E-state index in [4.69, 9.17) is 16.3 Å². The van der Waals surface area contributed by atoms with E-state index in [0.717, 1.165) is 0 Å². The van der Waals surface area contributed by atoms with Crippen molar-refractivity contribution in [3.05, 3.63) is 11.3 Å². The molecule has 0 saturated heterocycles. The Hall–Kier alpha value is -1.76. The van der Waals surface area contributed by atoms with Gasteiger partial charge >= 0.3 is 5.97 Å². The maximum absolute atomic E-state index is 11.2. The number of carbonyl (C=O) groups excluding carboxylic acids is 1. The lowest BCUT2D eigenvalue weighted by Gasteiger charge is -2.02. The summed E-state index contributed by atoms with van der Waals surface area (Å²) in [5.74, 6) is 1.54. The summed E-state index contributed by atoms with van der Waals surface area (Å²) in [7, 11) is 0. The molecule has 0 aliphatic heterocycles. The highest BCUT2D eigenvalue weighted by Crippen LogP contribution is 2.01. The minimum Gasteiger partial charge on any atom is -0.512 e. The topological polar surface area (TPSA) is 58.9 Å². The number of hydrogen-bond donors (Lipinski definition) is 1. The normalized spacial score (nSPS) is 12.1. The lowest BCUT2D eigenvalue weighted by molar-refractivity contribution is -0.138. The molecule has 0 aromatic heterocycles. The molecule has 4 nitrogen and oxygen atoms in total. The van der Waals surface area contributed by atoms with E-state index in [1.807, 2.05) is 0 Å². The van der Waals surface area contributed by atoms with E-state index in [9.17, 15) is 4.79 Å². The maximum Gasteiger partial charge on any atom is 0.343 e. The Morgan fingerprint density at radius 2 is 2.36 bits per heavy atom. The molecule has 0 fully saturated rings. The molecule has 0 aliphatic carbocycles. The number of nitrogens with zero attached hydrogens (tertiary/aromatic N) is 1. The Kier molecular flexibility index (Phi) is 5.88. The molecule has 0 aliphatic rings. The van der Waals surface area contributed by atoms with Crippen molar-refractivity contribution in [3.8, 4) is 12.3 Å². The van der Waals surface area contributed by atoms with E-state index in [2.05, 4.69) is 10.9 Å². The standard InChI is InChI=1S/C10H13NO3/c1-4-6-11-7-9(8(3)12)10(13)14-5-2/h1,7,12H,5-6H2,2-3H3/b9-8-,11-7?. The number of allylic oxidation sites excluding steroid dienone is 1. The highest BCUT2D eigenvalue weighted by atomic mass is 16.5. The smallest absolute Gasteiger partial charge is 0.343 e. The fraction of sp³-hybridized carbons (Fsp3) is 0.400. The van der Waals surface area contributed by atoms with Crippen LogP contribution in [0, 0.1) is 12.3 Å². The molecule has 0 bridgehead atoms. The Labute approximate surface area is 83.3 Å². The molecule has 0 heterocycles. The van der Waals surface area contributed by atoms with Crippen molar-refractivity contribution in [1.29, 1.82) is 0 Å². The van der Waals surface area contributed by atoms with Gasteiger partial charge in [0.15, 0.2) is 0 Å². The molecule has 14 heavy (non-hydrogen) atoms. The van der Waals surface area contributed by atoms with Gasteiger partial charge < -0.3 is 9.84 Å². The molecular formula is C10H13NO3. The minimum atomic E-state index is -0.603. The maximum atomic E-state index is 11.2. The number of carbonyl (C=O) groups is 1. The summed E-state index contributed by atoms with van der Waals surface area (Å²) < 4.78 is 4.70. The van der Waals surface area contributed by atoms with Gasteiger partial charge in [-0.25, -0.2) is 4.79 Å². The lowest BCUT2D eigenvalue weighted by atomic mass is 10.2. The molecule has 0 unspecified atom stereocenters. The zero-order valence-corrected chi connectivity index (χ0v) is 8.28. The first kappa shape index (κ1) is 12.2. The second-order valence-corrected chi connectivity index (χ2v) is 2.39. The fourth-order valence-electron chi connectivity index (χ4n) is 0.692.